The minimum Gasteiger partial charge on any atom is -0.375 e. The van der Waals surface area contributed by atoms with Crippen LogP contribution in [0.25, 0.3) is 11.0 Å². The maximum atomic E-state index is 11.1. The van der Waals surface area contributed by atoms with Crippen LogP contribution in [0.2, 0.25) is 0 Å². The Labute approximate surface area is 109 Å². The molecule has 19 heavy (non-hydrogen) atoms. The van der Waals surface area contributed by atoms with Crippen LogP contribution in [-0.4, -0.2) is 21.3 Å². The van der Waals surface area contributed by atoms with Crippen molar-refractivity contribution >= 4 is 22.4 Å². The quantitative estimate of drug-likeness (QED) is 0.675. The lowest BCUT2D eigenvalue weighted by atomic mass is 9.95. The van der Waals surface area contributed by atoms with Crippen LogP contribution >= 0.6 is 0 Å². The number of benzene rings is 1. The maximum Gasteiger partial charge on any atom is 0.294 e. The molecule has 0 radical (unpaired) electrons. The van der Waals surface area contributed by atoms with Gasteiger partial charge < -0.3 is 5.32 Å². The van der Waals surface area contributed by atoms with Gasteiger partial charge in [-0.1, -0.05) is 19.3 Å². The SMILES string of the molecule is O=[N+]([O-])c1ccc2nonc2c1NC1CCCCC1. The van der Waals surface area contributed by atoms with E-state index < -0.39 is 4.92 Å². The Balaban J connectivity index is 2.00. The van der Waals surface area contributed by atoms with E-state index in [1.54, 1.807) is 6.07 Å². The van der Waals surface area contributed by atoms with Crippen LogP contribution in [-0.2, 0) is 0 Å². The van der Waals surface area contributed by atoms with Crippen LogP contribution < -0.4 is 5.32 Å². The predicted molar refractivity (Wildman–Crippen MR) is 69.0 cm³/mol. The van der Waals surface area contributed by atoms with Gasteiger partial charge in [0, 0.05) is 12.1 Å². The van der Waals surface area contributed by atoms with Gasteiger partial charge in [-0.25, -0.2) is 4.63 Å². The molecule has 3 rings (SSSR count). The fourth-order valence-corrected chi connectivity index (χ4v) is 2.59. The number of fused-ring (bicyclic) bond motifs is 1. The van der Waals surface area contributed by atoms with Gasteiger partial charge in [-0.3, -0.25) is 10.1 Å². The number of hydrogen-bond acceptors (Lipinski definition) is 6. The van der Waals surface area contributed by atoms with Crippen molar-refractivity contribution < 1.29 is 9.55 Å². The van der Waals surface area contributed by atoms with Gasteiger partial charge in [0.05, 0.1) is 4.92 Å². The summed E-state index contributed by atoms with van der Waals surface area (Å²) < 4.78 is 4.67. The second-order valence-electron chi connectivity index (χ2n) is 4.83. The van der Waals surface area contributed by atoms with Crippen molar-refractivity contribution in [3.63, 3.8) is 0 Å². The van der Waals surface area contributed by atoms with Crippen LogP contribution in [0.5, 0.6) is 0 Å². The smallest absolute Gasteiger partial charge is 0.294 e. The number of nitrogens with one attached hydrogen (secondary N) is 1. The Bertz CT molecular complexity index is 604. The lowest BCUT2D eigenvalue weighted by molar-refractivity contribution is -0.383. The molecule has 1 aromatic carbocycles. The molecule has 1 saturated carbocycles. The van der Waals surface area contributed by atoms with Crippen molar-refractivity contribution in [1.82, 2.24) is 10.3 Å². The molecule has 2 aromatic rings. The summed E-state index contributed by atoms with van der Waals surface area (Å²) in [7, 11) is 0. The predicted octanol–water partition coefficient (Wildman–Crippen LogP) is 2.88. The fraction of sp³-hybridized carbons (Fsp3) is 0.500. The van der Waals surface area contributed by atoms with Crippen LogP contribution in [0.4, 0.5) is 11.4 Å². The topological polar surface area (TPSA) is 94.1 Å². The average Bonchev–Trinajstić information content (AvgIpc) is 2.88. The molecule has 0 spiro atoms. The van der Waals surface area contributed by atoms with Crippen molar-refractivity contribution in [2.24, 2.45) is 0 Å². The fourth-order valence-electron chi connectivity index (χ4n) is 2.59. The van der Waals surface area contributed by atoms with Crippen LogP contribution in [0, 0.1) is 10.1 Å². The van der Waals surface area contributed by atoms with Gasteiger partial charge in [0.2, 0.25) is 0 Å². The molecule has 0 bridgehead atoms. The first-order valence-electron chi connectivity index (χ1n) is 6.42. The summed E-state index contributed by atoms with van der Waals surface area (Å²) in [6.07, 6.45) is 5.59. The van der Waals surface area contributed by atoms with Gasteiger partial charge in [-0.05, 0) is 29.2 Å². The lowest BCUT2D eigenvalue weighted by Gasteiger charge is -2.23. The second kappa shape index (κ2) is 4.83. The number of nitro benzene ring substituents is 1. The highest BCUT2D eigenvalue weighted by Crippen LogP contribution is 2.33. The van der Waals surface area contributed by atoms with Gasteiger partial charge in [-0.2, -0.15) is 0 Å². The molecule has 1 aromatic heterocycles. The third-order valence-electron chi connectivity index (χ3n) is 3.56. The van der Waals surface area contributed by atoms with E-state index in [0.717, 1.165) is 25.7 Å². The summed E-state index contributed by atoms with van der Waals surface area (Å²) in [5.41, 5.74) is 1.41. The molecule has 1 fully saturated rings. The molecule has 1 aliphatic carbocycles. The third kappa shape index (κ3) is 2.23. The second-order valence-corrected chi connectivity index (χ2v) is 4.83. The summed E-state index contributed by atoms with van der Waals surface area (Å²) in [6.45, 7) is 0. The molecule has 100 valence electrons. The molecule has 0 saturated heterocycles. The number of nitro groups is 1. The maximum absolute atomic E-state index is 11.1. The van der Waals surface area contributed by atoms with E-state index in [2.05, 4.69) is 20.3 Å². The van der Waals surface area contributed by atoms with Crippen LogP contribution in [0.3, 0.4) is 0 Å². The summed E-state index contributed by atoms with van der Waals surface area (Å²) in [4.78, 5) is 10.7. The van der Waals surface area contributed by atoms with Crippen molar-refractivity contribution in [2.75, 3.05) is 5.32 Å². The number of anilines is 1. The Hall–Kier alpha value is -2.18. The van der Waals surface area contributed by atoms with Gasteiger partial charge in [0.1, 0.15) is 11.2 Å². The summed E-state index contributed by atoms with van der Waals surface area (Å²) in [6, 6.07) is 3.25. The molecule has 1 aliphatic rings. The lowest BCUT2D eigenvalue weighted by Crippen LogP contribution is -2.22. The summed E-state index contributed by atoms with van der Waals surface area (Å²) in [5, 5.41) is 21.9. The molecule has 7 heteroatoms. The third-order valence-corrected chi connectivity index (χ3v) is 3.56. The average molecular weight is 262 g/mol. The molecule has 0 unspecified atom stereocenters. The first kappa shape index (κ1) is 11.9. The van der Waals surface area contributed by atoms with Gasteiger partial charge in [0.25, 0.3) is 5.69 Å². The van der Waals surface area contributed by atoms with E-state index in [0.29, 0.717) is 16.7 Å². The molecule has 1 N–H and O–H groups in total. The molecular formula is C12H14N4O3. The summed E-state index contributed by atoms with van der Waals surface area (Å²) in [5.74, 6) is 0. The monoisotopic (exact) mass is 262 g/mol. The largest absolute Gasteiger partial charge is 0.375 e. The molecular weight excluding hydrogens is 248 g/mol. The highest BCUT2D eigenvalue weighted by molar-refractivity contribution is 5.92. The van der Waals surface area contributed by atoms with Gasteiger partial charge in [-0.15, -0.1) is 0 Å². The summed E-state index contributed by atoms with van der Waals surface area (Å²) >= 11 is 0. The Kier molecular flexibility index (Phi) is 3.02. The standard InChI is InChI=1S/C12H14N4O3/c17-16(18)10-7-6-9-11(15-19-14-9)12(10)13-8-4-2-1-3-5-8/h6-8,13H,1-5H2. The first-order valence-corrected chi connectivity index (χ1v) is 6.42. The Morgan fingerprint density at radius 3 is 2.79 bits per heavy atom. The molecule has 0 aliphatic heterocycles. The van der Waals surface area contributed by atoms with E-state index in [1.165, 1.54) is 12.5 Å². The zero-order chi connectivity index (χ0) is 13.2. The molecule has 0 atom stereocenters. The normalized spacial score (nSPS) is 16.6. The van der Waals surface area contributed by atoms with Crippen molar-refractivity contribution in [1.29, 1.82) is 0 Å². The van der Waals surface area contributed by atoms with Gasteiger partial charge >= 0.3 is 0 Å². The van der Waals surface area contributed by atoms with E-state index in [9.17, 15) is 10.1 Å². The Morgan fingerprint density at radius 2 is 2.05 bits per heavy atom. The molecule has 0 amide bonds. The van der Waals surface area contributed by atoms with Crippen molar-refractivity contribution in [3.8, 4) is 0 Å². The van der Waals surface area contributed by atoms with Crippen LogP contribution in [0.15, 0.2) is 16.8 Å². The highest BCUT2D eigenvalue weighted by atomic mass is 16.6. The van der Waals surface area contributed by atoms with E-state index in [4.69, 9.17) is 0 Å². The van der Waals surface area contributed by atoms with Crippen molar-refractivity contribution in [3.05, 3.63) is 22.2 Å². The zero-order valence-electron chi connectivity index (χ0n) is 10.3. The van der Waals surface area contributed by atoms with E-state index >= 15 is 0 Å². The van der Waals surface area contributed by atoms with Crippen LogP contribution in [0.1, 0.15) is 32.1 Å². The zero-order valence-corrected chi connectivity index (χ0v) is 10.3. The highest BCUT2D eigenvalue weighted by Gasteiger charge is 2.23. The van der Waals surface area contributed by atoms with Gasteiger partial charge in [0.15, 0.2) is 5.52 Å². The minimum atomic E-state index is -0.403. The van der Waals surface area contributed by atoms with E-state index in [1.807, 2.05) is 0 Å². The van der Waals surface area contributed by atoms with E-state index in [-0.39, 0.29) is 11.7 Å². The number of hydrogen-bond donors (Lipinski definition) is 1. The minimum absolute atomic E-state index is 0.0220. The number of rotatable bonds is 3. The van der Waals surface area contributed by atoms with Crippen molar-refractivity contribution in [2.45, 2.75) is 38.1 Å². The Morgan fingerprint density at radius 1 is 1.26 bits per heavy atom. The number of aromatic nitrogens is 2. The number of nitrogens with zero attached hydrogens (tertiary/aromatic N) is 3. The first-order chi connectivity index (χ1) is 9.25. The molecule has 7 nitrogen and oxygen atoms in total. The molecule has 1 heterocycles.